The fourth-order valence-corrected chi connectivity index (χ4v) is 5.77. The molecule has 1 atom stereocenters. The van der Waals surface area contributed by atoms with Gasteiger partial charge in [0.25, 0.3) is 0 Å². The van der Waals surface area contributed by atoms with Crippen molar-refractivity contribution in [3.8, 4) is 11.5 Å². The molecule has 5 heterocycles. The first kappa shape index (κ1) is 22.1. The van der Waals surface area contributed by atoms with Crippen molar-refractivity contribution in [2.45, 2.75) is 19.4 Å². The normalized spacial score (nSPS) is 19.5. The average Bonchev–Trinajstić information content (AvgIpc) is 3.33. The Morgan fingerprint density at radius 2 is 1.88 bits per heavy atom. The van der Waals surface area contributed by atoms with Crippen LogP contribution >= 0.6 is 11.3 Å². The summed E-state index contributed by atoms with van der Waals surface area (Å²) in [4.78, 5) is 21.7. The predicted octanol–water partition coefficient (Wildman–Crippen LogP) is 2.34. The van der Waals surface area contributed by atoms with E-state index in [1.54, 1.807) is 5.51 Å². The van der Waals surface area contributed by atoms with Crippen molar-refractivity contribution < 1.29 is 12.8 Å². The lowest BCUT2D eigenvalue weighted by molar-refractivity contribution is 0.386. The van der Waals surface area contributed by atoms with E-state index in [0.717, 1.165) is 22.6 Å². The van der Waals surface area contributed by atoms with E-state index in [-0.39, 0.29) is 6.04 Å². The van der Waals surface area contributed by atoms with Crippen molar-refractivity contribution in [2.75, 3.05) is 48.8 Å². The molecular weight excluding hydrogens is 465 g/mol. The van der Waals surface area contributed by atoms with Crippen LogP contribution in [0.3, 0.4) is 0 Å². The second-order valence-corrected chi connectivity index (χ2v) is 10.9. The summed E-state index contributed by atoms with van der Waals surface area (Å²) in [5.41, 5.74) is 5.28. The van der Waals surface area contributed by atoms with Gasteiger partial charge in [-0.15, -0.1) is 11.3 Å². The SMILES string of the molecule is CC1c2cnc(-c3cscn3)nc2CCN1c1cc(F)nc(N2CCN(S(C)(=O)=O)CC2)c1. The number of piperazine rings is 1. The first-order valence-corrected chi connectivity index (χ1v) is 13.5. The van der Waals surface area contributed by atoms with Gasteiger partial charge in [-0.1, -0.05) is 0 Å². The van der Waals surface area contributed by atoms with Crippen LogP contribution in [-0.4, -0.2) is 71.6 Å². The van der Waals surface area contributed by atoms with E-state index in [2.05, 4.69) is 26.8 Å². The zero-order valence-electron chi connectivity index (χ0n) is 18.3. The molecule has 5 rings (SSSR count). The van der Waals surface area contributed by atoms with E-state index < -0.39 is 16.0 Å². The van der Waals surface area contributed by atoms with Crippen LogP contribution in [0.4, 0.5) is 15.9 Å². The van der Waals surface area contributed by atoms with Gasteiger partial charge in [0.2, 0.25) is 16.0 Å². The molecule has 1 fully saturated rings. The van der Waals surface area contributed by atoms with E-state index in [0.29, 0.717) is 50.8 Å². The molecule has 3 aromatic rings. The molecule has 0 amide bonds. The van der Waals surface area contributed by atoms with Crippen LogP contribution in [0.1, 0.15) is 24.2 Å². The standard InChI is InChI=1S/C21H24FN7O2S2/c1-14-16-11-23-21(18-12-32-13-24-18)25-17(16)3-4-29(14)15-9-19(22)26-20(10-15)27-5-7-28(8-6-27)33(2,30)31/h9-14H,3-8H2,1-2H3. The molecule has 0 N–H and O–H groups in total. The number of hydrogen-bond acceptors (Lipinski definition) is 9. The number of thiazole rings is 1. The van der Waals surface area contributed by atoms with Crippen LogP contribution in [0, 0.1) is 5.95 Å². The molecule has 174 valence electrons. The highest BCUT2D eigenvalue weighted by Gasteiger charge is 2.29. The summed E-state index contributed by atoms with van der Waals surface area (Å²) in [6.07, 6.45) is 3.77. The van der Waals surface area contributed by atoms with E-state index in [1.165, 1.54) is 28.0 Å². The van der Waals surface area contributed by atoms with Crippen LogP contribution in [0.5, 0.6) is 0 Å². The zero-order valence-corrected chi connectivity index (χ0v) is 20.0. The van der Waals surface area contributed by atoms with Gasteiger partial charge in [0.05, 0.1) is 23.5 Å². The maximum atomic E-state index is 14.5. The molecule has 0 spiro atoms. The number of rotatable bonds is 4. The first-order valence-electron chi connectivity index (χ1n) is 10.7. The zero-order chi connectivity index (χ0) is 23.2. The monoisotopic (exact) mass is 489 g/mol. The second kappa shape index (κ2) is 8.58. The van der Waals surface area contributed by atoms with Gasteiger partial charge in [-0.25, -0.2) is 28.4 Å². The summed E-state index contributed by atoms with van der Waals surface area (Å²) in [6.45, 7) is 4.40. The van der Waals surface area contributed by atoms with E-state index in [9.17, 15) is 12.8 Å². The Balaban J connectivity index is 1.38. The van der Waals surface area contributed by atoms with Crippen molar-refractivity contribution in [3.63, 3.8) is 0 Å². The number of anilines is 2. The number of aromatic nitrogens is 4. The second-order valence-electron chi connectivity index (χ2n) is 8.24. The fraction of sp³-hybridized carbons (Fsp3) is 0.429. The lowest BCUT2D eigenvalue weighted by Gasteiger charge is -2.37. The highest BCUT2D eigenvalue weighted by Crippen LogP contribution is 2.35. The molecule has 3 aromatic heterocycles. The topological polar surface area (TPSA) is 95.4 Å². The molecule has 0 radical (unpaired) electrons. The third-order valence-corrected chi connectivity index (χ3v) is 8.09. The van der Waals surface area contributed by atoms with Gasteiger partial charge in [0.1, 0.15) is 11.5 Å². The minimum absolute atomic E-state index is 0.0324. The van der Waals surface area contributed by atoms with Gasteiger partial charge < -0.3 is 9.80 Å². The highest BCUT2D eigenvalue weighted by atomic mass is 32.2. The Bertz CT molecular complexity index is 1260. The maximum absolute atomic E-state index is 14.5. The number of nitrogens with zero attached hydrogens (tertiary/aromatic N) is 7. The molecule has 0 aromatic carbocycles. The molecule has 12 heteroatoms. The van der Waals surface area contributed by atoms with Crippen LogP contribution in [0.25, 0.3) is 11.5 Å². The van der Waals surface area contributed by atoms with Crippen molar-refractivity contribution >= 4 is 32.9 Å². The van der Waals surface area contributed by atoms with Gasteiger partial charge >= 0.3 is 0 Å². The van der Waals surface area contributed by atoms with Gasteiger partial charge in [0, 0.05) is 74.1 Å². The quantitative estimate of drug-likeness (QED) is 0.516. The first-order chi connectivity index (χ1) is 15.8. The molecule has 1 unspecified atom stereocenters. The van der Waals surface area contributed by atoms with Crippen molar-refractivity contribution in [1.82, 2.24) is 24.2 Å². The Labute approximate surface area is 196 Å². The number of pyridine rings is 1. The lowest BCUT2D eigenvalue weighted by atomic mass is 9.99. The molecule has 0 bridgehead atoms. The van der Waals surface area contributed by atoms with Crippen molar-refractivity contribution in [1.29, 1.82) is 0 Å². The van der Waals surface area contributed by atoms with Crippen molar-refractivity contribution in [3.05, 3.63) is 46.4 Å². The molecule has 0 aliphatic carbocycles. The minimum Gasteiger partial charge on any atom is -0.364 e. The number of sulfonamides is 1. The van der Waals surface area contributed by atoms with E-state index in [4.69, 9.17) is 4.98 Å². The molecule has 2 aliphatic heterocycles. The molecular formula is C21H24FN7O2S2. The fourth-order valence-electron chi connectivity index (χ4n) is 4.41. The molecule has 9 nitrogen and oxygen atoms in total. The largest absolute Gasteiger partial charge is 0.364 e. The summed E-state index contributed by atoms with van der Waals surface area (Å²) < 4.78 is 39.5. The van der Waals surface area contributed by atoms with Crippen LogP contribution in [0.2, 0.25) is 0 Å². The van der Waals surface area contributed by atoms with Crippen molar-refractivity contribution in [2.24, 2.45) is 0 Å². The van der Waals surface area contributed by atoms with Crippen LogP contribution in [-0.2, 0) is 16.4 Å². The predicted molar refractivity (Wildman–Crippen MR) is 125 cm³/mol. The summed E-state index contributed by atoms with van der Waals surface area (Å²) in [5, 5.41) is 1.93. The number of halogens is 1. The molecule has 33 heavy (non-hydrogen) atoms. The Hall–Kier alpha value is -2.70. The van der Waals surface area contributed by atoms with Crippen LogP contribution < -0.4 is 9.80 Å². The minimum atomic E-state index is -3.23. The van der Waals surface area contributed by atoms with E-state index in [1.807, 2.05) is 22.5 Å². The van der Waals surface area contributed by atoms with Gasteiger partial charge in [-0.05, 0) is 6.92 Å². The van der Waals surface area contributed by atoms with Gasteiger partial charge in [0.15, 0.2) is 5.82 Å². The molecule has 1 saturated heterocycles. The summed E-state index contributed by atoms with van der Waals surface area (Å²) in [7, 11) is -3.23. The smallest absolute Gasteiger partial charge is 0.216 e. The Morgan fingerprint density at radius 1 is 1.09 bits per heavy atom. The molecule has 0 saturated carbocycles. The summed E-state index contributed by atoms with van der Waals surface area (Å²) in [6, 6.07) is 3.29. The third kappa shape index (κ3) is 4.42. The summed E-state index contributed by atoms with van der Waals surface area (Å²) in [5.74, 6) is 0.591. The average molecular weight is 490 g/mol. The van der Waals surface area contributed by atoms with Gasteiger partial charge in [-0.2, -0.15) is 8.70 Å². The third-order valence-electron chi connectivity index (χ3n) is 6.20. The number of fused-ring (bicyclic) bond motifs is 1. The van der Waals surface area contributed by atoms with Gasteiger partial charge in [-0.3, -0.25) is 0 Å². The Morgan fingerprint density at radius 3 is 2.58 bits per heavy atom. The number of hydrogen-bond donors (Lipinski definition) is 0. The lowest BCUT2D eigenvalue weighted by Crippen LogP contribution is -2.48. The Kier molecular flexibility index (Phi) is 5.75. The summed E-state index contributed by atoms with van der Waals surface area (Å²) >= 11 is 1.51. The van der Waals surface area contributed by atoms with Crippen LogP contribution in [0.15, 0.2) is 29.2 Å². The molecule has 2 aliphatic rings. The highest BCUT2D eigenvalue weighted by molar-refractivity contribution is 7.88. The maximum Gasteiger partial charge on any atom is 0.216 e. The van der Waals surface area contributed by atoms with E-state index >= 15 is 0 Å².